The lowest BCUT2D eigenvalue weighted by atomic mass is 10.0. The Bertz CT molecular complexity index is 608. The summed E-state index contributed by atoms with van der Waals surface area (Å²) in [5.41, 5.74) is 4.81. The minimum Gasteiger partial charge on any atom is -0.324 e. The second-order valence-corrected chi connectivity index (χ2v) is 5.83. The second-order valence-electron chi connectivity index (χ2n) is 5.83. The maximum atomic E-state index is 4.83. The molecule has 0 unspecified atom stereocenters. The summed E-state index contributed by atoms with van der Waals surface area (Å²) in [6.45, 7) is 12.3. The minimum absolute atomic E-state index is 0.534. The largest absolute Gasteiger partial charge is 0.324 e. The summed E-state index contributed by atoms with van der Waals surface area (Å²) in [7, 11) is 1.97. The fourth-order valence-electron chi connectivity index (χ4n) is 2.43. The zero-order chi connectivity index (χ0) is 14.7. The van der Waals surface area contributed by atoms with Crippen LogP contribution in [-0.2, 0) is 13.0 Å². The molecule has 0 aliphatic rings. The summed E-state index contributed by atoms with van der Waals surface area (Å²) < 4.78 is 2.29. The van der Waals surface area contributed by atoms with Gasteiger partial charge >= 0.3 is 0 Å². The predicted molar refractivity (Wildman–Crippen MR) is 86.3 cm³/mol. The van der Waals surface area contributed by atoms with Crippen molar-refractivity contribution < 1.29 is 0 Å². The number of aromatic nitrogens is 2. The van der Waals surface area contributed by atoms with Gasteiger partial charge in [0, 0.05) is 19.5 Å². The average Bonchev–Trinajstić information content (AvgIpc) is 2.73. The highest BCUT2D eigenvalue weighted by molar-refractivity contribution is 5.77. The minimum atomic E-state index is 0.534. The van der Waals surface area contributed by atoms with Crippen molar-refractivity contribution >= 4 is 11.0 Å². The molecule has 1 heterocycles. The third-order valence-corrected chi connectivity index (χ3v) is 3.54. The van der Waals surface area contributed by atoms with E-state index in [4.69, 9.17) is 4.98 Å². The fourth-order valence-corrected chi connectivity index (χ4v) is 2.43. The van der Waals surface area contributed by atoms with Crippen LogP contribution in [0.5, 0.6) is 0 Å². The monoisotopic (exact) mass is 271 g/mol. The number of hydrogen-bond acceptors (Lipinski definition) is 2. The van der Waals surface area contributed by atoms with Gasteiger partial charge in [0.2, 0.25) is 0 Å². The number of imidazole rings is 1. The summed E-state index contributed by atoms with van der Waals surface area (Å²) in [5.74, 6) is 1.67. The van der Waals surface area contributed by atoms with E-state index in [1.54, 1.807) is 0 Å². The molecule has 2 rings (SSSR count). The van der Waals surface area contributed by atoms with Crippen LogP contribution in [0.1, 0.15) is 38.1 Å². The van der Waals surface area contributed by atoms with Crippen molar-refractivity contribution in [2.24, 2.45) is 0 Å². The van der Waals surface area contributed by atoms with E-state index < -0.39 is 0 Å². The first kappa shape index (κ1) is 14.8. The number of fused-ring (bicyclic) bond motifs is 1. The zero-order valence-electron chi connectivity index (χ0n) is 13.0. The maximum absolute atomic E-state index is 4.83. The van der Waals surface area contributed by atoms with Crippen LogP contribution < -0.4 is 5.32 Å². The molecule has 108 valence electrons. The molecule has 0 saturated carbocycles. The van der Waals surface area contributed by atoms with E-state index >= 15 is 0 Å². The van der Waals surface area contributed by atoms with E-state index in [1.807, 2.05) is 7.05 Å². The third kappa shape index (κ3) is 3.10. The van der Waals surface area contributed by atoms with Crippen LogP contribution in [0.25, 0.3) is 11.0 Å². The van der Waals surface area contributed by atoms with Crippen LogP contribution in [0.2, 0.25) is 0 Å². The van der Waals surface area contributed by atoms with E-state index in [2.05, 4.69) is 55.4 Å². The van der Waals surface area contributed by atoms with Crippen LogP contribution in [0.15, 0.2) is 30.4 Å². The van der Waals surface area contributed by atoms with Gasteiger partial charge in [-0.25, -0.2) is 4.98 Å². The van der Waals surface area contributed by atoms with Crippen LogP contribution >= 0.6 is 0 Å². The molecule has 1 N–H and O–H groups in total. The topological polar surface area (TPSA) is 29.9 Å². The van der Waals surface area contributed by atoms with Crippen molar-refractivity contribution in [2.75, 3.05) is 13.6 Å². The third-order valence-electron chi connectivity index (χ3n) is 3.54. The van der Waals surface area contributed by atoms with Gasteiger partial charge in [0.15, 0.2) is 0 Å². The molecule has 1 aromatic heterocycles. The smallest absolute Gasteiger partial charge is 0.111 e. The standard InChI is InChI=1S/C17H25N3/c1-12(2)11-20-16-7-6-14(13(3)4)10-15(16)19-17(20)8-9-18-5/h6-7,10,13,18H,1,8-9,11H2,2-5H3. The van der Waals surface area contributed by atoms with Crippen molar-refractivity contribution in [1.29, 1.82) is 0 Å². The number of nitrogens with one attached hydrogen (secondary N) is 1. The molecule has 0 aliphatic heterocycles. The molecule has 0 fully saturated rings. The highest BCUT2D eigenvalue weighted by Crippen LogP contribution is 2.23. The Morgan fingerprint density at radius 1 is 1.40 bits per heavy atom. The first-order valence-electron chi connectivity index (χ1n) is 7.31. The van der Waals surface area contributed by atoms with Gasteiger partial charge in [-0.1, -0.05) is 32.1 Å². The van der Waals surface area contributed by atoms with E-state index in [9.17, 15) is 0 Å². The number of allylic oxidation sites excluding steroid dienone is 1. The molecule has 0 radical (unpaired) electrons. The van der Waals surface area contributed by atoms with Gasteiger partial charge in [-0.3, -0.25) is 0 Å². The summed E-state index contributed by atoms with van der Waals surface area (Å²) >= 11 is 0. The van der Waals surface area contributed by atoms with Crippen LogP contribution in [0, 0.1) is 0 Å². The highest BCUT2D eigenvalue weighted by Gasteiger charge is 2.11. The van der Waals surface area contributed by atoms with Crippen molar-refractivity contribution in [3.05, 3.63) is 41.7 Å². The van der Waals surface area contributed by atoms with Gasteiger partial charge in [-0.15, -0.1) is 0 Å². The normalized spacial score (nSPS) is 11.4. The first-order valence-corrected chi connectivity index (χ1v) is 7.31. The number of hydrogen-bond donors (Lipinski definition) is 1. The van der Waals surface area contributed by atoms with Crippen molar-refractivity contribution in [1.82, 2.24) is 14.9 Å². The van der Waals surface area contributed by atoms with Gasteiger partial charge in [0.25, 0.3) is 0 Å². The number of benzene rings is 1. The maximum Gasteiger partial charge on any atom is 0.111 e. The lowest BCUT2D eigenvalue weighted by Gasteiger charge is -2.09. The lowest BCUT2D eigenvalue weighted by Crippen LogP contribution is -2.14. The quantitative estimate of drug-likeness (QED) is 0.815. The molecule has 0 atom stereocenters. The Balaban J connectivity index is 2.49. The Hall–Kier alpha value is -1.61. The molecular formula is C17H25N3. The SMILES string of the molecule is C=C(C)Cn1c(CCNC)nc2cc(C(C)C)ccc21. The molecule has 0 spiro atoms. The molecule has 2 aromatic rings. The number of likely N-dealkylation sites (N-methyl/N-ethyl adjacent to an activating group) is 1. The Morgan fingerprint density at radius 3 is 2.75 bits per heavy atom. The summed E-state index contributed by atoms with van der Waals surface area (Å²) in [5, 5.41) is 3.19. The van der Waals surface area contributed by atoms with E-state index in [0.29, 0.717) is 5.92 Å². The molecule has 1 aromatic carbocycles. The first-order chi connectivity index (χ1) is 9.52. The average molecular weight is 271 g/mol. The molecule has 0 bridgehead atoms. The van der Waals surface area contributed by atoms with Gasteiger partial charge in [0.1, 0.15) is 5.82 Å². The van der Waals surface area contributed by atoms with Gasteiger partial charge < -0.3 is 9.88 Å². The van der Waals surface area contributed by atoms with Crippen LogP contribution in [-0.4, -0.2) is 23.1 Å². The number of nitrogens with zero attached hydrogens (tertiary/aromatic N) is 2. The lowest BCUT2D eigenvalue weighted by molar-refractivity contribution is 0.692. The van der Waals surface area contributed by atoms with E-state index in [-0.39, 0.29) is 0 Å². The number of rotatable bonds is 6. The molecule has 0 aliphatic carbocycles. The fraction of sp³-hybridized carbons (Fsp3) is 0.471. The van der Waals surface area contributed by atoms with Gasteiger partial charge in [-0.2, -0.15) is 0 Å². The zero-order valence-corrected chi connectivity index (χ0v) is 13.0. The predicted octanol–water partition coefficient (Wildman–Crippen LogP) is 3.50. The van der Waals surface area contributed by atoms with Crippen LogP contribution in [0.4, 0.5) is 0 Å². The van der Waals surface area contributed by atoms with Gasteiger partial charge in [-0.05, 0) is 37.6 Å². The molecule has 3 heteroatoms. The molecule has 0 amide bonds. The summed E-state index contributed by atoms with van der Waals surface area (Å²) in [6.07, 6.45) is 0.940. The van der Waals surface area contributed by atoms with Crippen LogP contribution in [0.3, 0.4) is 0 Å². The summed E-state index contributed by atoms with van der Waals surface area (Å²) in [4.78, 5) is 4.83. The summed E-state index contributed by atoms with van der Waals surface area (Å²) in [6, 6.07) is 6.63. The van der Waals surface area contributed by atoms with E-state index in [1.165, 1.54) is 11.1 Å². The Kier molecular flexibility index (Phi) is 4.61. The van der Waals surface area contributed by atoms with Crippen molar-refractivity contribution in [3.63, 3.8) is 0 Å². The highest BCUT2D eigenvalue weighted by atomic mass is 15.1. The van der Waals surface area contributed by atoms with Gasteiger partial charge in [0.05, 0.1) is 11.0 Å². The molecule has 3 nitrogen and oxygen atoms in total. The van der Waals surface area contributed by atoms with Crippen molar-refractivity contribution in [3.8, 4) is 0 Å². The van der Waals surface area contributed by atoms with E-state index in [0.717, 1.165) is 36.4 Å². The molecule has 0 saturated heterocycles. The second kappa shape index (κ2) is 6.23. The molecular weight excluding hydrogens is 246 g/mol. The Morgan fingerprint density at radius 2 is 2.15 bits per heavy atom. The Labute approximate surface area is 121 Å². The molecule has 20 heavy (non-hydrogen) atoms. The van der Waals surface area contributed by atoms with Crippen molar-refractivity contribution in [2.45, 2.75) is 39.7 Å².